The Kier molecular flexibility index (Phi) is 4.72. The second-order valence-corrected chi connectivity index (χ2v) is 7.63. The quantitative estimate of drug-likeness (QED) is 0.360. The Morgan fingerprint density at radius 2 is 1.63 bits per heavy atom. The minimum absolute atomic E-state index is 0.118. The van der Waals surface area contributed by atoms with Crippen LogP contribution in [0.25, 0.3) is 32.9 Å². The van der Waals surface area contributed by atoms with E-state index >= 15 is 0 Å². The zero-order valence-corrected chi connectivity index (χ0v) is 16.4. The number of hydrogen-bond acceptors (Lipinski definition) is 4. The monoisotopic (exact) mass is 419 g/mol. The van der Waals surface area contributed by atoms with E-state index in [1.807, 2.05) is 54.6 Å². The molecule has 0 aliphatic heterocycles. The van der Waals surface area contributed by atoms with E-state index in [-0.39, 0.29) is 5.75 Å². The van der Waals surface area contributed by atoms with E-state index in [4.69, 9.17) is 9.97 Å². The van der Waals surface area contributed by atoms with Crippen molar-refractivity contribution in [2.24, 2.45) is 0 Å². The molecule has 0 fully saturated rings. The third kappa shape index (κ3) is 3.67. The lowest BCUT2D eigenvalue weighted by molar-refractivity contribution is -0.0498. The van der Waals surface area contributed by atoms with E-state index in [9.17, 15) is 8.78 Å². The van der Waals surface area contributed by atoms with Gasteiger partial charge in [-0.2, -0.15) is 8.78 Å². The molecule has 0 bridgehead atoms. The van der Waals surface area contributed by atoms with Gasteiger partial charge in [0.05, 0.1) is 26.8 Å². The van der Waals surface area contributed by atoms with Gasteiger partial charge in [0.25, 0.3) is 0 Å². The van der Waals surface area contributed by atoms with Crippen LogP contribution in [-0.2, 0) is 0 Å². The molecule has 0 aliphatic carbocycles. The molecule has 7 heteroatoms. The number of alkyl halides is 2. The minimum atomic E-state index is -2.85. The number of H-pyrrole nitrogens is 1. The number of rotatable bonds is 5. The van der Waals surface area contributed by atoms with E-state index in [0.717, 1.165) is 37.4 Å². The van der Waals surface area contributed by atoms with E-state index in [1.54, 1.807) is 23.5 Å². The molecule has 2 heterocycles. The second kappa shape index (κ2) is 7.68. The molecule has 4 nitrogen and oxygen atoms in total. The van der Waals surface area contributed by atoms with Gasteiger partial charge in [0.15, 0.2) is 0 Å². The Balaban J connectivity index is 1.62. The van der Waals surface area contributed by atoms with Crippen molar-refractivity contribution in [3.05, 3.63) is 89.2 Å². The van der Waals surface area contributed by atoms with Gasteiger partial charge in [-0.15, -0.1) is 11.3 Å². The molecule has 30 heavy (non-hydrogen) atoms. The van der Waals surface area contributed by atoms with Crippen molar-refractivity contribution >= 4 is 44.2 Å². The Hall–Kier alpha value is -3.58. The summed E-state index contributed by atoms with van der Waals surface area (Å²) in [6.07, 6.45) is 1.95. The number of fused-ring (bicyclic) bond motifs is 2. The van der Waals surface area contributed by atoms with Crippen molar-refractivity contribution in [2.45, 2.75) is 6.61 Å². The SMILES string of the molecule is FC(F)Oc1ccc(/C=C(/c2nc3ccccc3[nH]2)c2nc3ccccc3s2)cc1. The van der Waals surface area contributed by atoms with Crippen molar-refractivity contribution in [1.29, 1.82) is 0 Å². The number of imidazole rings is 1. The van der Waals surface area contributed by atoms with Crippen LogP contribution in [-0.4, -0.2) is 21.6 Å². The van der Waals surface area contributed by atoms with E-state index in [1.165, 1.54) is 12.1 Å². The fourth-order valence-corrected chi connectivity index (χ4v) is 4.19. The number of thiazole rings is 1. The lowest BCUT2D eigenvalue weighted by atomic mass is 10.1. The fourth-order valence-electron chi connectivity index (χ4n) is 3.21. The number of nitrogens with zero attached hydrogens (tertiary/aromatic N) is 2. The van der Waals surface area contributed by atoms with Crippen molar-refractivity contribution in [1.82, 2.24) is 15.0 Å². The lowest BCUT2D eigenvalue weighted by Gasteiger charge is -2.05. The summed E-state index contributed by atoms with van der Waals surface area (Å²) in [6, 6.07) is 22.3. The summed E-state index contributed by atoms with van der Waals surface area (Å²) >= 11 is 1.58. The molecule has 0 saturated carbocycles. The second-order valence-electron chi connectivity index (χ2n) is 6.59. The number of halogens is 2. The maximum Gasteiger partial charge on any atom is 0.387 e. The maximum absolute atomic E-state index is 12.4. The molecular formula is C23H15F2N3OS. The van der Waals surface area contributed by atoms with Crippen LogP contribution >= 0.6 is 11.3 Å². The van der Waals surface area contributed by atoms with Gasteiger partial charge in [0.2, 0.25) is 0 Å². The summed E-state index contributed by atoms with van der Waals surface area (Å²) in [5.41, 5.74) is 4.36. The van der Waals surface area contributed by atoms with Crippen LogP contribution in [0.2, 0.25) is 0 Å². The topological polar surface area (TPSA) is 50.8 Å². The predicted octanol–water partition coefficient (Wildman–Crippen LogP) is 6.36. The van der Waals surface area contributed by atoms with Gasteiger partial charge in [-0.25, -0.2) is 9.97 Å². The van der Waals surface area contributed by atoms with Gasteiger partial charge in [0.1, 0.15) is 16.6 Å². The minimum Gasteiger partial charge on any atom is -0.435 e. The van der Waals surface area contributed by atoms with Crippen LogP contribution in [0.4, 0.5) is 8.78 Å². The molecule has 148 valence electrons. The molecule has 5 aromatic rings. The van der Waals surface area contributed by atoms with E-state index < -0.39 is 6.61 Å². The highest BCUT2D eigenvalue weighted by Crippen LogP contribution is 2.32. The normalized spacial score (nSPS) is 12.2. The third-order valence-corrected chi connectivity index (χ3v) is 5.65. The summed E-state index contributed by atoms with van der Waals surface area (Å²) in [5, 5.41) is 0.822. The van der Waals surface area contributed by atoms with Crippen molar-refractivity contribution in [3.63, 3.8) is 0 Å². The number of aromatic nitrogens is 3. The van der Waals surface area contributed by atoms with Crippen molar-refractivity contribution in [2.75, 3.05) is 0 Å². The summed E-state index contributed by atoms with van der Waals surface area (Å²) in [4.78, 5) is 12.9. The molecule has 0 unspecified atom stereocenters. The van der Waals surface area contributed by atoms with Gasteiger partial charge in [0, 0.05) is 0 Å². The van der Waals surface area contributed by atoms with Gasteiger partial charge in [-0.05, 0) is 48.0 Å². The van der Waals surface area contributed by atoms with Crippen LogP contribution < -0.4 is 4.74 Å². The van der Waals surface area contributed by atoms with Crippen LogP contribution in [0.5, 0.6) is 5.75 Å². The number of ether oxygens (including phenoxy) is 1. The van der Waals surface area contributed by atoms with Crippen molar-refractivity contribution in [3.8, 4) is 5.75 Å². The number of aromatic amines is 1. The van der Waals surface area contributed by atoms with Crippen LogP contribution in [0.15, 0.2) is 72.8 Å². The number of benzene rings is 3. The highest BCUT2D eigenvalue weighted by molar-refractivity contribution is 7.19. The maximum atomic E-state index is 12.4. The first-order valence-corrected chi connectivity index (χ1v) is 10.0. The number of hydrogen-bond donors (Lipinski definition) is 1. The molecule has 0 atom stereocenters. The molecule has 2 aromatic heterocycles. The third-order valence-electron chi connectivity index (χ3n) is 4.59. The van der Waals surface area contributed by atoms with Crippen LogP contribution in [0, 0.1) is 0 Å². The Labute approximate surface area is 174 Å². The first-order chi connectivity index (χ1) is 14.7. The molecule has 0 aliphatic rings. The molecule has 3 aromatic carbocycles. The molecule has 0 spiro atoms. The Morgan fingerprint density at radius 3 is 2.37 bits per heavy atom. The van der Waals surface area contributed by atoms with Crippen molar-refractivity contribution < 1.29 is 13.5 Å². The standard InChI is InChI=1S/C23H15F2N3OS/c24-23(25)29-15-11-9-14(10-12-15)13-16(21-26-17-5-1-2-6-18(17)27-21)22-28-19-7-3-4-8-20(19)30-22/h1-13,23H,(H,26,27)/b16-13-. The average Bonchev–Trinajstić information content (AvgIpc) is 3.36. The zero-order chi connectivity index (χ0) is 20.5. The summed E-state index contributed by atoms with van der Waals surface area (Å²) in [6.45, 7) is -2.85. The first-order valence-electron chi connectivity index (χ1n) is 9.23. The van der Waals surface area contributed by atoms with Gasteiger partial charge in [-0.3, -0.25) is 0 Å². The zero-order valence-electron chi connectivity index (χ0n) is 15.5. The average molecular weight is 419 g/mol. The summed E-state index contributed by atoms with van der Waals surface area (Å²) in [7, 11) is 0. The Morgan fingerprint density at radius 1 is 0.900 bits per heavy atom. The molecule has 1 N–H and O–H groups in total. The number of nitrogens with one attached hydrogen (secondary N) is 1. The van der Waals surface area contributed by atoms with Crippen LogP contribution in [0.1, 0.15) is 16.4 Å². The van der Waals surface area contributed by atoms with Crippen LogP contribution in [0.3, 0.4) is 0 Å². The lowest BCUT2D eigenvalue weighted by Crippen LogP contribution is -2.01. The van der Waals surface area contributed by atoms with Gasteiger partial charge >= 0.3 is 6.61 Å². The number of para-hydroxylation sites is 3. The molecule has 0 radical (unpaired) electrons. The van der Waals surface area contributed by atoms with E-state index in [0.29, 0.717) is 5.82 Å². The highest BCUT2D eigenvalue weighted by Gasteiger charge is 2.15. The van der Waals surface area contributed by atoms with Gasteiger partial charge < -0.3 is 9.72 Å². The molecular weight excluding hydrogens is 404 g/mol. The fraction of sp³-hybridized carbons (Fsp3) is 0.0435. The molecule has 5 rings (SSSR count). The van der Waals surface area contributed by atoms with E-state index in [2.05, 4.69) is 9.72 Å². The van der Waals surface area contributed by atoms with Gasteiger partial charge in [-0.1, -0.05) is 36.4 Å². The summed E-state index contributed by atoms with van der Waals surface area (Å²) in [5.74, 6) is 0.815. The predicted molar refractivity (Wildman–Crippen MR) is 116 cm³/mol. The smallest absolute Gasteiger partial charge is 0.387 e. The summed E-state index contributed by atoms with van der Waals surface area (Å²) < 4.78 is 30.4. The first kappa shape index (κ1) is 18.4. The Bertz CT molecular complexity index is 1210. The molecule has 0 saturated heterocycles. The largest absolute Gasteiger partial charge is 0.435 e. The highest BCUT2D eigenvalue weighted by atomic mass is 32.1. The molecule has 0 amide bonds.